The van der Waals surface area contributed by atoms with E-state index in [1.54, 1.807) is 31.3 Å². The van der Waals surface area contributed by atoms with Crippen molar-refractivity contribution in [1.82, 2.24) is 29.9 Å². The minimum atomic E-state index is -3.53. The number of carbonyl (C=O) groups excluding carboxylic acids is 1. The first-order chi connectivity index (χ1) is 24.8. The summed E-state index contributed by atoms with van der Waals surface area (Å²) < 4.78 is 90.6. The van der Waals surface area contributed by atoms with Crippen LogP contribution in [0, 0.1) is 28.9 Å². The Morgan fingerprint density at radius 2 is 1.79 bits per heavy atom. The molecule has 0 saturated heterocycles. The monoisotopic (exact) mass is 755 g/mol. The van der Waals surface area contributed by atoms with Crippen LogP contribution in [0.4, 0.5) is 32.2 Å². The number of nitrogen functional groups attached to an aromatic ring is 1. The molecule has 1 saturated carbocycles. The van der Waals surface area contributed by atoms with Gasteiger partial charge in [-0.25, -0.2) is 22.5 Å². The maximum Gasteiger partial charge on any atom is 0.295 e. The predicted molar refractivity (Wildman–Crippen MR) is 184 cm³/mol. The number of carbonyl (C=O) groups is 1. The molecule has 7 rings (SSSR count). The van der Waals surface area contributed by atoms with Crippen molar-refractivity contribution in [3.05, 3.63) is 93.0 Å². The zero-order chi connectivity index (χ0) is 38.4. The number of nitrogens with zero attached hydrogens (tertiary/aromatic N) is 5. The number of rotatable bonds is 8. The fourth-order valence-electron chi connectivity index (χ4n) is 7.28. The molecule has 2 aliphatic rings. The van der Waals surface area contributed by atoms with Gasteiger partial charge in [0.2, 0.25) is 5.91 Å². The molecule has 53 heavy (non-hydrogen) atoms. The number of nitrogens with two attached hydrogens (primary N) is 1. The van der Waals surface area contributed by atoms with Crippen LogP contribution in [0.5, 0.6) is 0 Å². The van der Waals surface area contributed by atoms with E-state index in [2.05, 4.69) is 27.4 Å². The molecule has 16 heteroatoms. The number of hydrogen-bond donors (Lipinski definition) is 3. The lowest BCUT2D eigenvalue weighted by molar-refractivity contribution is -0.123. The minimum Gasteiger partial charge on any atom is -0.382 e. The lowest BCUT2D eigenvalue weighted by atomic mass is 9.93. The Balaban J connectivity index is 1.37. The molecule has 276 valence electrons. The number of halogens is 7. The fourth-order valence-corrected chi connectivity index (χ4v) is 7.53. The Morgan fingerprint density at radius 3 is 2.45 bits per heavy atom. The van der Waals surface area contributed by atoms with E-state index in [-0.39, 0.29) is 41.2 Å². The third kappa shape index (κ3) is 6.27. The van der Waals surface area contributed by atoms with Crippen LogP contribution in [-0.2, 0) is 30.7 Å². The van der Waals surface area contributed by atoms with Crippen LogP contribution in [0.25, 0.3) is 22.0 Å². The van der Waals surface area contributed by atoms with Crippen molar-refractivity contribution in [2.45, 2.75) is 70.1 Å². The van der Waals surface area contributed by atoms with Crippen LogP contribution in [0.15, 0.2) is 42.5 Å². The van der Waals surface area contributed by atoms with Gasteiger partial charge in [0.15, 0.2) is 5.82 Å². The summed E-state index contributed by atoms with van der Waals surface area (Å²) in [5.41, 5.74) is 3.15. The number of aromatic nitrogens is 5. The number of alkyl halides is 4. The number of aliphatic hydroxyl groups is 1. The van der Waals surface area contributed by atoms with Gasteiger partial charge in [-0.15, -0.1) is 0 Å². The predicted octanol–water partition coefficient (Wildman–Crippen LogP) is 7.10. The fraction of sp³-hybridized carbons (Fsp3) is 0.351. The first kappa shape index (κ1) is 36.3. The average molecular weight is 756 g/mol. The highest BCUT2D eigenvalue weighted by Gasteiger charge is 2.75. The number of aryl methyl sites for hydroxylation is 1. The zero-order valence-electron chi connectivity index (χ0n) is 28.7. The topological polar surface area (TPSA) is 124 Å². The van der Waals surface area contributed by atoms with Crippen molar-refractivity contribution >= 4 is 34.2 Å². The van der Waals surface area contributed by atoms with Gasteiger partial charge in [-0.05, 0) is 68.5 Å². The van der Waals surface area contributed by atoms with E-state index in [1.807, 2.05) is 0 Å². The molecule has 3 heterocycles. The standard InChI is InChI=1S/C37H32ClF6N7O2/c1-35(2,53)10-9-20-5-6-21(22-7-8-24(38)28-31(22)50(4)49-34(28)45)29(46-20)25(13-17-11-18(39)14-19(40)12-17)47-26(52)16-51-32-27(30(48-51)33(41)42)23-15-36(23,3)37(32,43)44/h5-8,11-12,14,23,25,33,53H,13,15-16H2,1-4H3,(H2,45,49)(H,47,52)/t23-,25+,36-/m1/s1. The summed E-state index contributed by atoms with van der Waals surface area (Å²) in [4.78, 5) is 18.6. The van der Waals surface area contributed by atoms with Gasteiger partial charge in [-0.3, -0.25) is 14.2 Å². The Kier molecular flexibility index (Phi) is 8.57. The van der Waals surface area contributed by atoms with Gasteiger partial charge in [-0.2, -0.15) is 19.0 Å². The van der Waals surface area contributed by atoms with Crippen molar-refractivity contribution in [3.63, 3.8) is 0 Å². The lowest BCUT2D eigenvalue weighted by Gasteiger charge is -2.24. The molecule has 0 radical (unpaired) electrons. The summed E-state index contributed by atoms with van der Waals surface area (Å²) in [5, 5.41) is 21.8. The number of amides is 1. The smallest absolute Gasteiger partial charge is 0.295 e. The summed E-state index contributed by atoms with van der Waals surface area (Å²) in [6.45, 7) is 3.37. The summed E-state index contributed by atoms with van der Waals surface area (Å²) in [6, 6.07) is 8.01. The molecule has 1 fully saturated rings. The van der Waals surface area contributed by atoms with E-state index < -0.39 is 70.8 Å². The molecule has 4 N–H and O–H groups in total. The Labute approximate surface area is 304 Å². The van der Waals surface area contributed by atoms with Gasteiger partial charge in [-0.1, -0.05) is 30.5 Å². The largest absolute Gasteiger partial charge is 0.382 e. The van der Waals surface area contributed by atoms with Crippen LogP contribution < -0.4 is 11.1 Å². The van der Waals surface area contributed by atoms with Crippen molar-refractivity contribution < 1.29 is 36.2 Å². The Hall–Kier alpha value is -5.07. The molecule has 3 aromatic heterocycles. The highest BCUT2D eigenvalue weighted by molar-refractivity contribution is 6.37. The molecule has 2 aliphatic carbocycles. The number of benzene rings is 2. The molecular formula is C37H32ClF6N7O2. The van der Waals surface area contributed by atoms with Crippen molar-refractivity contribution in [2.24, 2.45) is 12.5 Å². The van der Waals surface area contributed by atoms with Crippen molar-refractivity contribution in [2.75, 3.05) is 5.73 Å². The van der Waals surface area contributed by atoms with Crippen LogP contribution in [0.1, 0.15) is 79.5 Å². The molecule has 0 bridgehead atoms. The van der Waals surface area contributed by atoms with Gasteiger partial charge in [0.1, 0.15) is 40.9 Å². The number of hydrogen-bond acceptors (Lipinski definition) is 6. The number of anilines is 1. The van der Waals surface area contributed by atoms with Crippen LogP contribution in [-0.4, -0.2) is 41.2 Å². The number of pyridine rings is 1. The van der Waals surface area contributed by atoms with E-state index >= 15 is 8.78 Å². The summed E-state index contributed by atoms with van der Waals surface area (Å²) >= 11 is 6.50. The maximum absolute atomic E-state index is 15.7. The normalized spacial score (nSPS) is 19.2. The van der Waals surface area contributed by atoms with Crippen molar-refractivity contribution in [3.8, 4) is 23.0 Å². The molecular weight excluding hydrogens is 724 g/mol. The first-order valence-electron chi connectivity index (χ1n) is 16.5. The number of fused-ring (bicyclic) bond motifs is 4. The second kappa shape index (κ2) is 12.5. The number of nitrogens with one attached hydrogen (secondary N) is 1. The van der Waals surface area contributed by atoms with E-state index in [1.165, 1.54) is 25.5 Å². The minimum absolute atomic E-state index is 0.0122. The molecule has 0 spiro atoms. The Bertz CT molecular complexity index is 2370. The second-order valence-electron chi connectivity index (χ2n) is 14.2. The SMILES string of the molecule is Cn1nc(N)c2c(Cl)ccc(-c3ccc(C#CC(C)(C)O)nc3[C@H](Cc3cc(F)cc(F)c3)NC(=O)Cn3nc(C(F)F)c4c3C(F)(F)[C@]3(C)C[C@H]43)c21. The van der Waals surface area contributed by atoms with Gasteiger partial charge >= 0.3 is 0 Å². The highest BCUT2D eigenvalue weighted by atomic mass is 35.5. The quantitative estimate of drug-likeness (QED) is 0.115. The molecule has 0 unspecified atom stereocenters. The van der Waals surface area contributed by atoms with Crippen molar-refractivity contribution in [1.29, 1.82) is 0 Å². The lowest BCUT2D eigenvalue weighted by Crippen LogP contribution is -2.35. The third-order valence-electron chi connectivity index (χ3n) is 9.82. The first-order valence-corrected chi connectivity index (χ1v) is 16.9. The molecule has 9 nitrogen and oxygen atoms in total. The summed E-state index contributed by atoms with van der Waals surface area (Å²) in [6.07, 6.45) is -3.42. The molecule has 5 aromatic rings. The van der Waals surface area contributed by atoms with Crippen LogP contribution in [0.3, 0.4) is 0 Å². The molecule has 1 amide bonds. The molecule has 3 atom stereocenters. The second-order valence-corrected chi connectivity index (χ2v) is 14.6. The van der Waals surface area contributed by atoms with Gasteiger partial charge < -0.3 is 16.2 Å². The third-order valence-corrected chi connectivity index (χ3v) is 10.1. The van der Waals surface area contributed by atoms with E-state index in [0.29, 0.717) is 37.8 Å². The maximum atomic E-state index is 15.7. The van der Waals surface area contributed by atoms with Gasteiger partial charge in [0.05, 0.1) is 27.7 Å². The average Bonchev–Trinajstić information content (AvgIpc) is 3.37. The summed E-state index contributed by atoms with van der Waals surface area (Å²) in [5.74, 6) is -1.47. The molecule has 2 aromatic carbocycles. The van der Waals surface area contributed by atoms with E-state index in [0.717, 1.165) is 12.1 Å². The summed E-state index contributed by atoms with van der Waals surface area (Å²) in [7, 11) is 1.64. The van der Waals surface area contributed by atoms with Crippen LogP contribution in [0.2, 0.25) is 5.02 Å². The Morgan fingerprint density at radius 1 is 1.11 bits per heavy atom. The zero-order valence-corrected chi connectivity index (χ0v) is 29.5. The van der Waals surface area contributed by atoms with E-state index in [4.69, 9.17) is 22.3 Å². The molecule has 0 aliphatic heterocycles. The van der Waals surface area contributed by atoms with E-state index in [9.17, 15) is 27.5 Å². The highest BCUT2D eigenvalue weighted by Crippen LogP contribution is 2.76. The van der Waals surface area contributed by atoms with Gasteiger partial charge in [0.25, 0.3) is 12.3 Å². The van der Waals surface area contributed by atoms with Gasteiger partial charge in [0, 0.05) is 41.1 Å². The van der Waals surface area contributed by atoms with Crippen LogP contribution >= 0.6 is 11.6 Å².